The van der Waals surface area contributed by atoms with Gasteiger partial charge < -0.3 is 13.9 Å². The number of rotatable bonds is 5. The molecule has 0 radical (unpaired) electrons. The van der Waals surface area contributed by atoms with Gasteiger partial charge in [-0.2, -0.15) is 0 Å². The van der Waals surface area contributed by atoms with Crippen molar-refractivity contribution in [3.63, 3.8) is 0 Å². The van der Waals surface area contributed by atoms with Crippen LogP contribution in [0.3, 0.4) is 0 Å². The monoisotopic (exact) mass is 429 g/mol. The third-order valence-electron chi connectivity index (χ3n) is 6.40. The SMILES string of the molecule is CO[C@H](C)Cn1c(C2CCC(F)(F)CC2)nc2ccc(-c3cc(C)c(=O)n(C)c3)cc21. The maximum Gasteiger partial charge on any atom is 0.253 e. The number of aromatic nitrogens is 3. The number of alkyl halides is 2. The Kier molecular flexibility index (Phi) is 5.73. The summed E-state index contributed by atoms with van der Waals surface area (Å²) in [5.41, 5.74) is 4.42. The summed E-state index contributed by atoms with van der Waals surface area (Å²) >= 11 is 0. The van der Waals surface area contributed by atoms with E-state index in [2.05, 4.69) is 10.6 Å². The highest BCUT2D eigenvalue weighted by atomic mass is 19.3. The number of pyridine rings is 1. The Morgan fingerprint density at radius 1 is 1.23 bits per heavy atom. The minimum Gasteiger partial charge on any atom is -0.380 e. The largest absolute Gasteiger partial charge is 0.380 e. The molecule has 1 saturated carbocycles. The Hall–Kier alpha value is -2.54. The standard InChI is InChI=1S/C24H29F2N3O2/c1-15-11-19(14-28(3)23(15)30)18-5-6-20-21(12-18)29(13-16(2)31-4)22(27-20)17-7-9-24(25,26)10-8-17/h5-6,11-12,14,16-17H,7-10,13H2,1-4H3/t16-/m1/s1. The molecule has 2 aromatic heterocycles. The molecule has 0 aliphatic heterocycles. The van der Waals surface area contributed by atoms with Crippen LogP contribution in [0.15, 0.2) is 35.3 Å². The van der Waals surface area contributed by atoms with Gasteiger partial charge in [0.25, 0.3) is 5.56 Å². The van der Waals surface area contributed by atoms with Crippen LogP contribution in [0.1, 0.15) is 49.9 Å². The number of nitrogens with zero attached hydrogens (tertiary/aromatic N) is 3. The van der Waals surface area contributed by atoms with Crippen LogP contribution in [0.25, 0.3) is 22.2 Å². The molecule has 3 aromatic rings. The Morgan fingerprint density at radius 2 is 1.94 bits per heavy atom. The van der Waals surface area contributed by atoms with Crippen LogP contribution in [0.4, 0.5) is 8.78 Å². The number of hydrogen-bond donors (Lipinski definition) is 0. The van der Waals surface area contributed by atoms with Gasteiger partial charge in [-0.1, -0.05) is 6.07 Å². The van der Waals surface area contributed by atoms with E-state index >= 15 is 0 Å². The molecule has 1 aromatic carbocycles. The van der Waals surface area contributed by atoms with E-state index in [0.717, 1.165) is 28.0 Å². The first kappa shape index (κ1) is 21.7. The first-order valence-electron chi connectivity index (χ1n) is 10.8. The molecule has 0 unspecified atom stereocenters. The number of hydrogen-bond acceptors (Lipinski definition) is 3. The first-order valence-corrected chi connectivity index (χ1v) is 10.8. The number of halogens is 2. The number of aryl methyl sites for hydroxylation is 2. The van der Waals surface area contributed by atoms with Gasteiger partial charge in [0.2, 0.25) is 5.92 Å². The molecule has 0 bridgehead atoms. The summed E-state index contributed by atoms with van der Waals surface area (Å²) in [6.07, 6.45) is 2.48. The van der Waals surface area contributed by atoms with Crippen LogP contribution in [-0.4, -0.2) is 33.3 Å². The summed E-state index contributed by atoms with van der Waals surface area (Å²) in [7, 11) is 3.42. The van der Waals surface area contributed by atoms with E-state index in [4.69, 9.17) is 9.72 Å². The highest BCUT2D eigenvalue weighted by molar-refractivity contribution is 5.82. The van der Waals surface area contributed by atoms with Gasteiger partial charge in [0, 0.05) is 44.7 Å². The van der Waals surface area contributed by atoms with Gasteiger partial charge in [-0.05, 0) is 56.0 Å². The van der Waals surface area contributed by atoms with Crippen molar-refractivity contribution in [2.45, 2.75) is 64.0 Å². The quantitative estimate of drug-likeness (QED) is 0.571. The predicted molar refractivity (Wildman–Crippen MR) is 118 cm³/mol. The maximum atomic E-state index is 13.7. The van der Waals surface area contributed by atoms with Gasteiger partial charge in [0.05, 0.1) is 23.7 Å². The normalized spacial score (nSPS) is 17.9. The molecule has 4 rings (SSSR count). The lowest BCUT2D eigenvalue weighted by atomic mass is 9.86. The molecule has 0 saturated heterocycles. The van der Waals surface area contributed by atoms with Crippen LogP contribution in [0.2, 0.25) is 0 Å². The van der Waals surface area contributed by atoms with E-state index in [1.807, 2.05) is 38.2 Å². The van der Waals surface area contributed by atoms with Gasteiger partial charge >= 0.3 is 0 Å². The molecule has 1 atom stereocenters. The summed E-state index contributed by atoms with van der Waals surface area (Å²) in [6, 6.07) is 7.94. The molecule has 1 aliphatic rings. The van der Waals surface area contributed by atoms with E-state index in [0.29, 0.717) is 24.9 Å². The number of benzene rings is 1. The number of fused-ring (bicyclic) bond motifs is 1. The molecule has 5 nitrogen and oxygen atoms in total. The van der Waals surface area contributed by atoms with Gasteiger partial charge in [0.15, 0.2) is 0 Å². The fraction of sp³-hybridized carbons (Fsp3) is 0.500. The zero-order valence-corrected chi connectivity index (χ0v) is 18.5. The number of ether oxygens (including phenoxy) is 1. The average Bonchev–Trinajstić information content (AvgIpc) is 3.09. The average molecular weight is 430 g/mol. The van der Waals surface area contributed by atoms with E-state index in [1.54, 1.807) is 18.7 Å². The fourth-order valence-electron chi connectivity index (χ4n) is 4.49. The molecule has 7 heteroatoms. The minimum atomic E-state index is -2.57. The second kappa shape index (κ2) is 8.19. The lowest BCUT2D eigenvalue weighted by molar-refractivity contribution is -0.0390. The molecule has 0 N–H and O–H groups in total. The summed E-state index contributed by atoms with van der Waals surface area (Å²) in [5.74, 6) is -1.69. The van der Waals surface area contributed by atoms with Crippen molar-refractivity contribution < 1.29 is 13.5 Å². The van der Waals surface area contributed by atoms with Gasteiger partial charge in [-0.25, -0.2) is 13.8 Å². The van der Waals surface area contributed by atoms with Crippen molar-refractivity contribution in [3.8, 4) is 11.1 Å². The Morgan fingerprint density at radius 3 is 2.58 bits per heavy atom. The summed E-state index contributed by atoms with van der Waals surface area (Å²) in [6.45, 7) is 4.40. The Labute approximate surface area is 180 Å². The van der Waals surface area contributed by atoms with Crippen LogP contribution in [0, 0.1) is 6.92 Å². The van der Waals surface area contributed by atoms with Crippen LogP contribution in [0.5, 0.6) is 0 Å². The lowest BCUT2D eigenvalue weighted by Crippen LogP contribution is -2.26. The zero-order valence-electron chi connectivity index (χ0n) is 18.5. The van der Waals surface area contributed by atoms with Crippen LogP contribution >= 0.6 is 0 Å². The van der Waals surface area contributed by atoms with Crippen molar-refractivity contribution >= 4 is 11.0 Å². The zero-order chi connectivity index (χ0) is 22.3. The van der Waals surface area contributed by atoms with Crippen LogP contribution < -0.4 is 5.56 Å². The number of imidazole rings is 1. The second-order valence-corrected chi connectivity index (χ2v) is 8.79. The molecule has 31 heavy (non-hydrogen) atoms. The Bertz CT molecular complexity index is 1130. The predicted octanol–water partition coefficient (Wildman–Crippen LogP) is 5.04. The molecule has 0 spiro atoms. The first-order chi connectivity index (χ1) is 14.7. The van der Waals surface area contributed by atoms with E-state index < -0.39 is 5.92 Å². The summed E-state index contributed by atoms with van der Waals surface area (Å²) in [4.78, 5) is 16.9. The molecule has 166 valence electrons. The lowest BCUT2D eigenvalue weighted by Gasteiger charge is -2.28. The van der Waals surface area contributed by atoms with Gasteiger partial charge in [-0.15, -0.1) is 0 Å². The third kappa shape index (κ3) is 4.28. The Balaban J connectivity index is 1.80. The maximum absolute atomic E-state index is 13.7. The topological polar surface area (TPSA) is 49.1 Å². The van der Waals surface area contributed by atoms with E-state index in [9.17, 15) is 13.6 Å². The van der Waals surface area contributed by atoms with Crippen molar-refractivity contribution in [2.24, 2.45) is 7.05 Å². The van der Waals surface area contributed by atoms with Crippen molar-refractivity contribution in [2.75, 3.05) is 7.11 Å². The highest BCUT2D eigenvalue weighted by Gasteiger charge is 2.37. The molecule has 2 heterocycles. The fourth-order valence-corrected chi connectivity index (χ4v) is 4.49. The molecular formula is C24H29F2N3O2. The van der Waals surface area contributed by atoms with E-state index in [-0.39, 0.29) is 30.4 Å². The summed E-state index contributed by atoms with van der Waals surface area (Å²) in [5, 5.41) is 0. The van der Waals surface area contributed by atoms with Crippen LogP contribution in [-0.2, 0) is 18.3 Å². The summed E-state index contributed by atoms with van der Waals surface area (Å²) < 4.78 is 36.7. The molecule has 1 aliphatic carbocycles. The third-order valence-corrected chi connectivity index (χ3v) is 6.40. The van der Waals surface area contributed by atoms with Gasteiger partial charge in [0.1, 0.15) is 5.82 Å². The second-order valence-electron chi connectivity index (χ2n) is 8.79. The smallest absolute Gasteiger partial charge is 0.253 e. The van der Waals surface area contributed by atoms with Crippen molar-refractivity contribution in [3.05, 3.63) is 52.2 Å². The number of methoxy groups -OCH3 is 1. The minimum absolute atomic E-state index is 0.0133. The molecular weight excluding hydrogens is 400 g/mol. The van der Waals surface area contributed by atoms with E-state index in [1.165, 1.54) is 0 Å². The molecule has 0 amide bonds. The van der Waals surface area contributed by atoms with Gasteiger partial charge in [-0.3, -0.25) is 4.79 Å². The molecule has 1 fully saturated rings. The highest BCUT2D eigenvalue weighted by Crippen LogP contribution is 2.41. The van der Waals surface area contributed by atoms with Crippen molar-refractivity contribution in [1.82, 2.24) is 14.1 Å². The van der Waals surface area contributed by atoms with Crippen molar-refractivity contribution in [1.29, 1.82) is 0 Å².